The van der Waals surface area contributed by atoms with Gasteiger partial charge in [-0.15, -0.1) is 0 Å². The van der Waals surface area contributed by atoms with Gasteiger partial charge in [0.25, 0.3) is 0 Å². The number of aromatic nitrogens is 2. The monoisotopic (exact) mass is 195 g/mol. The molecule has 1 N–H and O–H groups in total. The van der Waals surface area contributed by atoms with Crippen LogP contribution in [0.1, 0.15) is 38.8 Å². The smallest absolute Gasteiger partial charge is 0.0644 e. The molecule has 0 bridgehead atoms. The van der Waals surface area contributed by atoms with Crippen molar-refractivity contribution in [2.45, 2.75) is 46.2 Å². The topological polar surface area (TPSA) is 29.9 Å². The second-order valence-corrected chi connectivity index (χ2v) is 3.81. The predicted molar refractivity (Wildman–Crippen MR) is 59.4 cm³/mol. The van der Waals surface area contributed by atoms with Crippen LogP contribution in [0.2, 0.25) is 0 Å². The second kappa shape index (κ2) is 5.15. The zero-order valence-electron chi connectivity index (χ0n) is 9.62. The van der Waals surface area contributed by atoms with E-state index in [0.29, 0.717) is 12.1 Å². The van der Waals surface area contributed by atoms with Crippen molar-refractivity contribution < 1.29 is 0 Å². The zero-order chi connectivity index (χ0) is 10.6. The zero-order valence-corrected chi connectivity index (χ0v) is 9.62. The number of aryl methyl sites for hydroxylation is 1. The molecule has 0 spiro atoms. The van der Waals surface area contributed by atoms with Crippen LogP contribution >= 0.6 is 0 Å². The van der Waals surface area contributed by atoms with E-state index in [4.69, 9.17) is 0 Å². The first-order chi connectivity index (χ1) is 6.69. The van der Waals surface area contributed by atoms with Gasteiger partial charge in [0.15, 0.2) is 0 Å². The first-order valence-corrected chi connectivity index (χ1v) is 5.43. The molecule has 1 aromatic heterocycles. The summed E-state index contributed by atoms with van der Waals surface area (Å²) in [5, 5.41) is 7.82. The maximum atomic E-state index is 4.34. The van der Waals surface area contributed by atoms with Crippen LogP contribution in [0.4, 0.5) is 0 Å². The van der Waals surface area contributed by atoms with Gasteiger partial charge in [0.2, 0.25) is 0 Å². The summed E-state index contributed by atoms with van der Waals surface area (Å²) in [6.45, 7) is 9.65. The maximum Gasteiger partial charge on any atom is 0.0644 e. The quantitative estimate of drug-likeness (QED) is 0.780. The van der Waals surface area contributed by atoms with Crippen molar-refractivity contribution >= 4 is 0 Å². The third-order valence-corrected chi connectivity index (χ3v) is 2.64. The Morgan fingerprint density at radius 3 is 2.64 bits per heavy atom. The first-order valence-electron chi connectivity index (χ1n) is 5.43. The van der Waals surface area contributed by atoms with Crippen molar-refractivity contribution in [1.29, 1.82) is 0 Å². The van der Waals surface area contributed by atoms with Crippen LogP contribution in [0.5, 0.6) is 0 Å². The molecule has 1 rings (SSSR count). The molecule has 0 saturated heterocycles. The molecular formula is C11H21N3. The molecule has 0 aliphatic carbocycles. The summed E-state index contributed by atoms with van der Waals surface area (Å²) in [6.07, 6.45) is 5.15. The number of hydrogen-bond donors (Lipinski definition) is 1. The normalized spacial score (nSPS) is 15.4. The van der Waals surface area contributed by atoms with Gasteiger partial charge in [-0.05, 0) is 32.4 Å². The Morgan fingerprint density at radius 2 is 2.21 bits per heavy atom. The molecule has 3 nitrogen and oxygen atoms in total. The van der Waals surface area contributed by atoms with Crippen molar-refractivity contribution in [2.24, 2.45) is 0 Å². The van der Waals surface area contributed by atoms with E-state index in [2.05, 4.69) is 44.3 Å². The molecule has 80 valence electrons. The van der Waals surface area contributed by atoms with Gasteiger partial charge in [0, 0.05) is 12.2 Å². The molecule has 0 aliphatic rings. The van der Waals surface area contributed by atoms with E-state index in [1.54, 1.807) is 0 Å². The Bertz CT molecular complexity index is 267. The lowest BCUT2D eigenvalue weighted by Gasteiger charge is -2.23. The van der Waals surface area contributed by atoms with Gasteiger partial charge in [-0.1, -0.05) is 13.8 Å². The van der Waals surface area contributed by atoms with E-state index in [9.17, 15) is 0 Å². The first kappa shape index (κ1) is 11.2. The highest BCUT2D eigenvalue weighted by atomic mass is 15.3. The van der Waals surface area contributed by atoms with Crippen LogP contribution in [0.25, 0.3) is 0 Å². The summed E-state index contributed by atoms with van der Waals surface area (Å²) in [5.74, 6) is 0. The molecule has 0 aromatic carbocycles. The molecule has 0 saturated carbocycles. The third kappa shape index (κ3) is 2.58. The lowest BCUT2D eigenvalue weighted by Crippen LogP contribution is -2.35. The fourth-order valence-corrected chi connectivity index (χ4v) is 1.76. The van der Waals surface area contributed by atoms with Crippen molar-refractivity contribution in [3.8, 4) is 0 Å². The Hall–Kier alpha value is -0.830. The van der Waals surface area contributed by atoms with Crippen LogP contribution < -0.4 is 5.32 Å². The molecule has 2 unspecified atom stereocenters. The minimum atomic E-state index is 0.425. The van der Waals surface area contributed by atoms with Crippen molar-refractivity contribution in [3.05, 3.63) is 18.0 Å². The molecule has 0 fully saturated rings. The van der Waals surface area contributed by atoms with Gasteiger partial charge < -0.3 is 5.32 Å². The van der Waals surface area contributed by atoms with E-state index in [0.717, 1.165) is 13.0 Å². The van der Waals surface area contributed by atoms with Gasteiger partial charge >= 0.3 is 0 Å². The molecule has 0 amide bonds. The van der Waals surface area contributed by atoms with Crippen molar-refractivity contribution in [3.63, 3.8) is 0 Å². The minimum Gasteiger partial charge on any atom is -0.312 e. The average Bonchev–Trinajstić information content (AvgIpc) is 2.60. The largest absolute Gasteiger partial charge is 0.312 e. The van der Waals surface area contributed by atoms with Crippen molar-refractivity contribution in [1.82, 2.24) is 15.1 Å². The molecule has 0 aliphatic heterocycles. The predicted octanol–water partition coefficient (Wildman–Crippen LogP) is 2.14. The van der Waals surface area contributed by atoms with E-state index < -0.39 is 0 Å². The Morgan fingerprint density at radius 1 is 1.50 bits per heavy atom. The summed E-state index contributed by atoms with van der Waals surface area (Å²) in [6, 6.07) is 0.938. The number of rotatable bonds is 5. The van der Waals surface area contributed by atoms with Gasteiger partial charge in [-0.3, -0.25) is 4.68 Å². The molecular weight excluding hydrogens is 174 g/mol. The van der Waals surface area contributed by atoms with Gasteiger partial charge in [0.1, 0.15) is 0 Å². The van der Waals surface area contributed by atoms with Gasteiger partial charge in [-0.25, -0.2) is 0 Å². The van der Waals surface area contributed by atoms with Gasteiger partial charge in [0.05, 0.1) is 12.2 Å². The van der Waals surface area contributed by atoms with Crippen LogP contribution in [-0.4, -0.2) is 22.4 Å². The van der Waals surface area contributed by atoms with E-state index in [1.165, 1.54) is 5.56 Å². The number of nitrogens with one attached hydrogen (secondary N) is 1. The van der Waals surface area contributed by atoms with E-state index in [-0.39, 0.29) is 0 Å². The minimum absolute atomic E-state index is 0.425. The molecule has 1 heterocycles. The Balaban J connectivity index is 2.66. The maximum absolute atomic E-state index is 4.34. The third-order valence-electron chi connectivity index (χ3n) is 2.64. The lowest BCUT2D eigenvalue weighted by molar-refractivity contribution is 0.343. The second-order valence-electron chi connectivity index (χ2n) is 3.81. The summed E-state index contributed by atoms with van der Waals surface area (Å²) in [7, 11) is 0. The van der Waals surface area contributed by atoms with E-state index >= 15 is 0 Å². The molecule has 0 radical (unpaired) electrons. The average molecular weight is 195 g/mol. The Kier molecular flexibility index (Phi) is 4.14. The fraction of sp³-hybridized carbons (Fsp3) is 0.727. The SMILES string of the molecule is CCNC(CC)C(C)n1cc(C)cn1. The van der Waals surface area contributed by atoms with Crippen LogP contribution in [0.15, 0.2) is 12.4 Å². The summed E-state index contributed by atoms with van der Waals surface area (Å²) >= 11 is 0. The van der Waals surface area contributed by atoms with Crippen LogP contribution in [-0.2, 0) is 0 Å². The fourth-order valence-electron chi connectivity index (χ4n) is 1.76. The molecule has 1 aromatic rings. The van der Waals surface area contributed by atoms with Crippen molar-refractivity contribution in [2.75, 3.05) is 6.54 Å². The van der Waals surface area contributed by atoms with E-state index in [1.807, 2.05) is 10.9 Å². The Labute approximate surface area is 86.5 Å². The number of likely N-dealkylation sites (N-methyl/N-ethyl adjacent to an activating group) is 1. The molecule has 2 atom stereocenters. The molecule has 3 heteroatoms. The highest BCUT2D eigenvalue weighted by Gasteiger charge is 2.15. The standard InChI is InChI=1S/C11H21N3/c1-5-11(12-6-2)10(4)14-8-9(3)7-13-14/h7-8,10-12H,5-6H2,1-4H3. The van der Waals surface area contributed by atoms with Crippen LogP contribution in [0, 0.1) is 6.92 Å². The summed E-state index contributed by atoms with van der Waals surface area (Å²) in [4.78, 5) is 0. The number of hydrogen-bond acceptors (Lipinski definition) is 2. The molecule has 14 heavy (non-hydrogen) atoms. The summed E-state index contributed by atoms with van der Waals surface area (Å²) in [5.41, 5.74) is 1.23. The number of nitrogens with zero attached hydrogens (tertiary/aromatic N) is 2. The van der Waals surface area contributed by atoms with Crippen LogP contribution in [0.3, 0.4) is 0 Å². The summed E-state index contributed by atoms with van der Waals surface area (Å²) < 4.78 is 2.05. The lowest BCUT2D eigenvalue weighted by atomic mass is 10.1. The van der Waals surface area contributed by atoms with Gasteiger partial charge in [-0.2, -0.15) is 5.10 Å². The highest BCUT2D eigenvalue weighted by Crippen LogP contribution is 2.13. The highest BCUT2D eigenvalue weighted by molar-refractivity contribution is 5.00.